The van der Waals surface area contributed by atoms with Gasteiger partial charge >= 0.3 is 5.97 Å². The molecule has 26 heavy (non-hydrogen) atoms. The summed E-state index contributed by atoms with van der Waals surface area (Å²) >= 11 is 5.63. The average Bonchev–Trinajstić information content (AvgIpc) is 2.81. The zero-order valence-corrected chi connectivity index (χ0v) is 14.4. The van der Waals surface area contributed by atoms with Gasteiger partial charge in [-0.15, -0.1) is 0 Å². The van der Waals surface area contributed by atoms with Crippen LogP contribution in [0.1, 0.15) is 23.0 Å². The van der Waals surface area contributed by atoms with Crippen molar-refractivity contribution in [3.63, 3.8) is 0 Å². The lowest BCUT2D eigenvalue weighted by Crippen LogP contribution is -2.14. The van der Waals surface area contributed by atoms with Crippen LogP contribution in [0, 0.1) is 18.6 Å². The number of aromatic hydroxyl groups is 1. The number of carbonyl (C=O) groups excluding carboxylic acids is 2. The molecule has 1 N–H and O–H groups in total. The lowest BCUT2D eigenvalue weighted by molar-refractivity contribution is -0.131. The number of hydrogen-bond acceptors (Lipinski definition) is 4. The van der Waals surface area contributed by atoms with Gasteiger partial charge < -0.3 is 9.84 Å². The Balaban J connectivity index is 2.29. The summed E-state index contributed by atoms with van der Waals surface area (Å²) in [5, 5.41) is 9.64. The molecule has 0 aliphatic rings. The van der Waals surface area contributed by atoms with E-state index in [2.05, 4.69) is 0 Å². The SMILES string of the molecule is CC(=O)Oc1c(C)n(C(=O)c2ccc(Cl)c(F)c2)c2cc(F)c(O)cc12. The van der Waals surface area contributed by atoms with Crippen molar-refractivity contribution in [3.8, 4) is 11.5 Å². The van der Waals surface area contributed by atoms with E-state index in [1.807, 2.05) is 0 Å². The van der Waals surface area contributed by atoms with E-state index in [0.717, 1.165) is 22.8 Å². The Morgan fingerprint density at radius 2 is 1.85 bits per heavy atom. The summed E-state index contributed by atoms with van der Waals surface area (Å²) in [4.78, 5) is 24.2. The van der Waals surface area contributed by atoms with Crippen molar-refractivity contribution >= 4 is 34.4 Å². The fourth-order valence-electron chi connectivity index (χ4n) is 2.69. The van der Waals surface area contributed by atoms with E-state index in [0.29, 0.717) is 0 Å². The molecule has 3 rings (SSSR count). The molecule has 0 aliphatic heterocycles. The molecule has 0 aliphatic carbocycles. The minimum Gasteiger partial charge on any atom is -0.505 e. The molecule has 2 aromatic carbocycles. The van der Waals surface area contributed by atoms with Crippen molar-refractivity contribution in [2.24, 2.45) is 0 Å². The van der Waals surface area contributed by atoms with Crippen LogP contribution in [0.4, 0.5) is 8.78 Å². The zero-order chi connectivity index (χ0) is 19.2. The van der Waals surface area contributed by atoms with Crippen LogP contribution >= 0.6 is 11.6 Å². The lowest BCUT2D eigenvalue weighted by Gasteiger charge is -2.08. The second-order valence-electron chi connectivity index (χ2n) is 5.60. The molecule has 1 heterocycles. The highest BCUT2D eigenvalue weighted by Crippen LogP contribution is 2.37. The standard InChI is InChI=1S/C18H12ClF2NO4/c1-8-17(26-9(2)23)11-6-16(24)14(21)7-15(11)22(8)18(25)10-3-4-12(19)13(20)5-10/h3-7,24H,1-2H3. The molecule has 5 nitrogen and oxygen atoms in total. The van der Waals surface area contributed by atoms with Gasteiger partial charge in [-0.1, -0.05) is 11.6 Å². The topological polar surface area (TPSA) is 68.5 Å². The van der Waals surface area contributed by atoms with Crippen LogP contribution in [0.2, 0.25) is 5.02 Å². The molecule has 0 amide bonds. The number of ether oxygens (including phenoxy) is 1. The molecule has 0 unspecified atom stereocenters. The Hall–Kier alpha value is -2.93. The summed E-state index contributed by atoms with van der Waals surface area (Å²) in [6.45, 7) is 2.65. The number of benzene rings is 2. The molecule has 0 spiro atoms. The molecule has 0 fully saturated rings. The van der Waals surface area contributed by atoms with Gasteiger partial charge in [0.25, 0.3) is 5.91 Å². The van der Waals surface area contributed by atoms with Crippen LogP contribution < -0.4 is 4.74 Å². The van der Waals surface area contributed by atoms with Crippen LogP contribution in [0.3, 0.4) is 0 Å². The minimum absolute atomic E-state index is 0.00517. The number of halogens is 3. The van der Waals surface area contributed by atoms with Gasteiger partial charge in [-0.2, -0.15) is 0 Å². The number of hydrogen-bond donors (Lipinski definition) is 1. The molecule has 8 heteroatoms. The number of aromatic nitrogens is 1. The van der Waals surface area contributed by atoms with Crippen LogP contribution in [0.25, 0.3) is 10.9 Å². The van der Waals surface area contributed by atoms with E-state index in [9.17, 15) is 23.5 Å². The van der Waals surface area contributed by atoms with Gasteiger partial charge in [-0.05, 0) is 31.2 Å². The first-order chi connectivity index (χ1) is 12.2. The van der Waals surface area contributed by atoms with Crippen molar-refractivity contribution in [2.45, 2.75) is 13.8 Å². The summed E-state index contributed by atoms with van der Waals surface area (Å²) in [6.07, 6.45) is 0. The van der Waals surface area contributed by atoms with Crippen molar-refractivity contribution in [1.29, 1.82) is 0 Å². The fraction of sp³-hybridized carbons (Fsp3) is 0.111. The van der Waals surface area contributed by atoms with Gasteiger partial charge in [0.15, 0.2) is 17.3 Å². The van der Waals surface area contributed by atoms with Crippen molar-refractivity contribution in [2.75, 3.05) is 0 Å². The van der Waals surface area contributed by atoms with E-state index in [-0.39, 0.29) is 32.9 Å². The number of rotatable bonds is 2. The zero-order valence-electron chi connectivity index (χ0n) is 13.6. The Bertz CT molecular complexity index is 1070. The number of phenols is 1. The first kappa shape index (κ1) is 17.9. The lowest BCUT2D eigenvalue weighted by atomic mass is 10.2. The maximum absolute atomic E-state index is 13.9. The van der Waals surface area contributed by atoms with E-state index in [1.165, 1.54) is 26.0 Å². The predicted molar refractivity (Wildman–Crippen MR) is 90.7 cm³/mol. The quantitative estimate of drug-likeness (QED) is 0.677. The largest absolute Gasteiger partial charge is 0.505 e. The normalized spacial score (nSPS) is 11.0. The van der Waals surface area contributed by atoms with Crippen LogP contribution in [-0.2, 0) is 4.79 Å². The van der Waals surface area contributed by atoms with Gasteiger partial charge in [0.1, 0.15) is 5.82 Å². The third-order valence-corrected chi connectivity index (χ3v) is 4.14. The van der Waals surface area contributed by atoms with E-state index in [1.54, 1.807) is 0 Å². The van der Waals surface area contributed by atoms with Crippen LogP contribution in [0.5, 0.6) is 11.5 Å². The number of nitrogens with zero attached hydrogens (tertiary/aromatic N) is 1. The molecule has 0 radical (unpaired) electrons. The summed E-state index contributed by atoms with van der Waals surface area (Å²) in [5.41, 5.74) is 0.227. The van der Waals surface area contributed by atoms with Gasteiger partial charge in [0.2, 0.25) is 0 Å². The minimum atomic E-state index is -0.958. The highest BCUT2D eigenvalue weighted by molar-refractivity contribution is 6.30. The number of carbonyl (C=O) groups is 2. The molecule has 0 saturated heterocycles. The fourth-order valence-corrected chi connectivity index (χ4v) is 2.81. The van der Waals surface area contributed by atoms with E-state index < -0.39 is 29.3 Å². The number of phenolic OH excluding ortho intramolecular Hbond substituents is 1. The van der Waals surface area contributed by atoms with Crippen molar-refractivity contribution in [3.05, 3.63) is 58.2 Å². The summed E-state index contributed by atoms with van der Waals surface area (Å²) in [6, 6.07) is 5.50. The predicted octanol–water partition coefficient (Wildman–Crippen LogP) is 4.20. The molecule has 0 saturated carbocycles. The maximum atomic E-state index is 13.9. The molecule has 0 bridgehead atoms. The Morgan fingerprint density at radius 1 is 1.15 bits per heavy atom. The maximum Gasteiger partial charge on any atom is 0.308 e. The second kappa shape index (κ2) is 6.42. The summed E-state index contributed by atoms with van der Waals surface area (Å²) < 4.78 is 33.8. The molecule has 1 aromatic heterocycles. The smallest absolute Gasteiger partial charge is 0.308 e. The van der Waals surface area contributed by atoms with E-state index in [4.69, 9.17) is 16.3 Å². The molecule has 134 valence electrons. The third-order valence-electron chi connectivity index (χ3n) is 3.83. The summed E-state index contributed by atoms with van der Waals surface area (Å²) in [5.74, 6) is -3.72. The molecular weight excluding hydrogens is 368 g/mol. The van der Waals surface area contributed by atoms with Gasteiger partial charge in [0, 0.05) is 23.9 Å². The molecule has 0 atom stereocenters. The third kappa shape index (κ3) is 2.90. The van der Waals surface area contributed by atoms with Crippen molar-refractivity contribution < 1.29 is 28.2 Å². The van der Waals surface area contributed by atoms with Crippen molar-refractivity contribution in [1.82, 2.24) is 4.57 Å². The summed E-state index contributed by atoms with van der Waals surface area (Å²) in [7, 11) is 0. The van der Waals surface area contributed by atoms with E-state index >= 15 is 0 Å². The Labute approximate surface area is 151 Å². The molecular formula is C18H12ClF2NO4. The number of esters is 1. The first-order valence-electron chi connectivity index (χ1n) is 7.42. The first-order valence-corrected chi connectivity index (χ1v) is 7.80. The Kier molecular flexibility index (Phi) is 4.41. The number of fused-ring (bicyclic) bond motifs is 1. The highest BCUT2D eigenvalue weighted by Gasteiger charge is 2.24. The Morgan fingerprint density at radius 3 is 2.46 bits per heavy atom. The van der Waals surface area contributed by atoms with Crippen LogP contribution in [-0.4, -0.2) is 21.6 Å². The second-order valence-corrected chi connectivity index (χ2v) is 6.01. The van der Waals surface area contributed by atoms with Gasteiger partial charge in [0.05, 0.1) is 16.2 Å². The molecule has 3 aromatic rings. The van der Waals surface area contributed by atoms with Gasteiger partial charge in [-0.3, -0.25) is 14.2 Å². The van der Waals surface area contributed by atoms with Gasteiger partial charge in [-0.25, -0.2) is 8.78 Å². The highest BCUT2D eigenvalue weighted by atomic mass is 35.5. The van der Waals surface area contributed by atoms with Crippen LogP contribution in [0.15, 0.2) is 30.3 Å². The monoisotopic (exact) mass is 379 g/mol. The average molecular weight is 380 g/mol.